The summed E-state index contributed by atoms with van der Waals surface area (Å²) < 4.78 is 12.9. The van der Waals surface area contributed by atoms with E-state index in [2.05, 4.69) is 35.6 Å². The summed E-state index contributed by atoms with van der Waals surface area (Å²) in [4.78, 5) is 4.15. The molecule has 1 unspecified atom stereocenters. The van der Waals surface area contributed by atoms with Gasteiger partial charge in [0.1, 0.15) is 5.82 Å². The van der Waals surface area contributed by atoms with E-state index in [1.165, 1.54) is 17.8 Å². The van der Waals surface area contributed by atoms with Gasteiger partial charge in [0.25, 0.3) is 0 Å². The number of hydrogen-bond donors (Lipinski definition) is 1. The fourth-order valence-corrected chi connectivity index (χ4v) is 2.37. The molecule has 0 aliphatic heterocycles. The highest BCUT2D eigenvalue weighted by molar-refractivity contribution is 7.08. The summed E-state index contributed by atoms with van der Waals surface area (Å²) in [6.07, 6.45) is 1.26. The molecule has 17 heavy (non-hydrogen) atoms. The van der Waals surface area contributed by atoms with Crippen molar-refractivity contribution in [2.45, 2.75) is 25.9 Å². The first-order valence-corrected chi connectivity index (χ1v) is 6.50. The predicted octanol–water partition coefficient (Wildman–Crippen LogP) is 3.37. The SMILES string of the molecule is CC(C)NC(c1ccsc1)c1ccc(F)cn1. The van der Waals surface area contributed by atoms with Gasteiger partial charge in [-0.1, -0.05) is 0 Å². The molecule has 0 amide bonds. The average molecular weight is 250 g/mol. The van der Waals surface area contributed by atoms with Crippen molar-refractivity contribution in [3.05, 3.63) is 52.2 Å². The van der Waals surface area contributed by atoms with Crippen LogP contribution >= 0.6 is 11.3 Å². The molecule has 0 radical (unpaired) electrons. The standard InChI is InChI=1S/C13H15FN2S/c1-9(2)16-13(10-5-6-17-8-10)12-4-3-11(14)7-15-12/h3-9,13,16H,1-2H3. The summed E-state index contributed by atoms with van der Waals surface area (Å²) in [6.45, 7) is 4.17. The van der Waals surface area contributed by atoms with Crippen molar-refractivity contribution in [1.29, 1.82) is 0 Å². The van der Waals surface area contributed by atoms with Gasteiger partial charge < -0.3 is 5.32 Å². The van der Waals surface area contributed by atoms with E-state index in [9.17, 15) is 4.39 Å². The van der Waals surface area contributed by atoms with Gasteiger partial charge in [-0.15, -0.1) is 0 Å². The smallest absolute Gasteiger partial charge is 0.141 e. The topological polar surface area (TPSA) is 24.9 Å². The number of rotatable bonds is 4. The predicted molar refractivity (Wildman–Crippen MR) is 68.6 cm³/mol. The summed E-state index contributed by atoms with van der Waals surface area (Å²) in [5, 5.41) is 7.56. The molecule has 2 aromatic rings. The summed E-state index contributed by atoms with van der Waals surface area (Å²) >= 11 is 1.65. The number of halogens is 1. The van der Waals surface area contributed by atoms with Gasteiger partial charge in [0.05, 0.1) is 17.9 Å². The molecule has 2 nitrogen and oxygen atoms in total. The first kappa shape index (κ1) is 12.2. The van der Waals surface area contributed by atoms with Crippen molar-refractivity contribution in [3.63, 3.8) is 0 Å². The molecule has 2 heterocycles. The van der Waals surface area contributed by atoms with Crippen LogP contribution in [0.3, 0.4) is 0 Å². The van der Waals surface area contributed by atoms with Gasteiger partial charge >= 0.3 is 0 Å². The van der Waals surface area contributed by atoms with Crippen molar-refractivity contribution in [2.24, 2.45) is 0 Å². The molecule has 1 N–H and O–H groups in total. The van der Waals surface area contributed by atoms with Crippen molar-refractivity contribution >= 4 is 11.3 Å². The second-order valence-corrected chi connectivity index (χ2v) is 4.99. The van der Waals surface area contributed by atoms with Crippen molar-refractivity contribution in [2.75, 3.05) is 0 Å². The Kier molecular flexibility index (Phi) is 3.86. The second-order valence-electron chi connectivity index (χ2n) is 4.21. The first-order chi connectivity index (χ1) is 8.16. The molecule has 4 heteroatoms. The van der Waals surface area contributed by atoms with E-state index in [0.717, 1.165) is 5.69 Å². The molecule has 0 aliphatic rings. The molecule has 1 atom stereocenters. The molecule has 0 bridgehead atoms. The van der Waals surface area contributed by atoms with Crippen molar-refractivity contribution in [1.82, 2.24) is 10.3 Å². The van der Waals surface area contributed by atoms with E-state index in [0.29, 0.717) is 6.04 Å². The average Bonchev–Trinajstić information content (AvgIpc) is 2.80. The highest BCUT2D eigenvalue weighted by Gasteiger charge is 2.16. The van der Waals surface area contributed by atoms with E-state index < -0.39 is 0 Å². The molecule has 2 rings (SSSR count). The third-order valence-electron chi connectivity index (χ3n) is 2.42. The Morgan fingerprint density at radius 1 is 1.29 bits per heavy atom. The number of hydrogen-bond acceptors (Lipinski definition) is 3. The molecule has 0 aliphatic carbocycles. The van der Waals surface area contributed by atoms with Crippen LogP contribution in [0.5, 0.6) is 0 Å². The van der Waals surface area contributed by atoms with Crippen LogP contribution in [-0.2, 0) is 0 Å². The van der Waals surface area contributed by atoms with Gasteiger partial charge in [0.2, 0.25) is 0 Å². The van der Waals surface area contributed by atoms with E-state index >= 15 is 0 Å². The molecule has 0 spiro atoms. The highest BCUT2D eigenvalue weighted by Crippen LogP contribution is 2.23. The highest BCUT2D eigenvalue weighted by atomic mass is 32.1. The van der Waals surface area contributed by atoms with Crippen LogP contribution in [-0.4, -0.2) is 11.0 Å². The lowest BCUT2D eigenvalue weighted by molar-refractivity contribution is 0.518. The Hall–Kier alpha value is -1.26. The van der Waals surface area contributed by atoms with Crippen molar-refractivity contribution < 1.29 is 4.39 Å². The third-order valence-corrected chi connectivity index (χ3v) is 3.12. The summed E-state index contributed by atoms with van der Waals surface area (Å²) in [6, 6.07) is 5.61. The Balaban J connectivity index is 2.30. The maximum absolute atomic E-state index is 12.9. The van der Waals surface area contributed by atoms with Gasteiger partial charge in [-0.3, -0.25) is 4.98 Å². The van der Waals surface area contributed by atoms with E-state index in [-0.39, 0.29) is 11.9 Å². The minimum Gasteiger partial charge on any atom is -0.303 e. The lowest BCUT2D eigenvalue weighted by Gasteiger charge is -2.20. The summed E-state index contributed by atoms with van der Waals surface area (Å²) in [5.41, 5.74) is 2.02. The fraction of sp³-hybridized carbons (Fsp3) is 0.308. The van der Waals surface area contributed by atoms with Crippen LogP contribution in [0.2, 0.25) is 0 Å². The van der Waals surface area contributed by atoms with Crippen LogP contribution in [0.25, 0.3) is 0 Å². The number of thiophene rings is 1. The summed E-state index contributed by atoms with van der Waals surface area (Å²) in [5.74, 6) is -0.303. The molecule has 90 valence electrons. The summed E-state index contributed by atoms with van der Waals surface area (Å²) in [7, 11) is 0. The molecule has 0 saturated carbocycles. The molecule has 0 saturated heterocycles. The first-order valence-electron chi connectivity index (χ1n) is 5.56. The Labute approximate surface area is 105 Å². The largest absolute Gasteiger partial charge is 0.303 e. The number of nitrogens with one attached hydrogen (secondary N) is 1. The second kappa shape index (κ2) is 5.38. The van der Waals surface area contributed by atoms with Gasteiger partial charge in [-0.2, -0.15) is 11.3 Å². The lowest BCUT2D eigenvalue weighted by atomic mass is 10.1. The van der Waals surface area contributed by atoms with E-state index in [1.807, 2.05) is 5.38 Å². The maximum atomic E-state index is 12.9. The van der Waals surface area contributed by atoms with E-state index in [4.69, 9.17) is 0 Å². The number of nitrogens with zero attached hydrogens (tertiary/aromatic N) is 1. The van der Waals surface area contributed by atoms with Crippen molar-refractivity contribution in [3.8, 4) is 0 Å². The van der Waals surface area contributed by atoms with Crippen LogP contribution in [0.1, 0.15) is 31.1 Å². The van der Waals surface area contributed by atoms with Crippen LogP contribution in [0, 0.1) is 5.82 Å². The van der Waals surface area contributed by atoms with Crippen LogP contribution in [0.15, 0.2) is 35.2 Å². The van der Waals surface area contributed by atoms with E-state index in [1.54, 1.807) is 17.4 Å². The maximum Gasteiger partial charge on any atom is 0.141 e. The molecule has 0 fully saturated rings. The number of aromatic nitrogens is 1. The Morgan fingerprint density at radius 2 is 2.12 bits per heavy atom. The minimum atomic E-state index is -0.303. The number of pyridine rings is 1. The van der Waals surface area contributed by atoms with Gasteiger partial charge in [-0.25, -0.2) is 4.39 Å². The van der Waals surface area contributed by atoms with Gasteiger partial charge in [0.15, 0.2) is 0 Å². The fourth-order valence-electron chi connectivity index (χ4n) is 1.68. The zero-order valence-corrected chi connectivity index (χ0v) is 10.7. The zero-order valence-electron chi connectivity index (χ0n) is 9.85. The monoisotopic (exact) mass is 250 g/mol. The molecule has 0 aromatic carbocycles. The zero-order chi connectivity index (χ0) is 12.3. The van der Waals surface area contributed by atoms with Crippen LogP contribution < -0.4 is 5.32 Å². The Bertz CT molecular complexity index is 451. The quantitative estimate of drug-likeness (QED) is 0.900. The Morgan fingerprint density at radius 3 is 2.65 bits per heavy atom. The third kappa shape index (κ3) is 3.11. The lowest BCUT2D eigenvalue weighted by Crippen LogP contribution is -2.29. The van der Waals surface area contributed by atoms with Gasteiger partial charge in [-0.05, 0) is 48.4 Å². The molecule has 2 aromatic heterocycles. The van der Waals surface area contributed by atoms with Crippen LogP contribution in [0.4, 0.5) is 4.39 Å². The minimum absolute atomic E-state index is 0.0295. The molecular formula is C13H15FN2S. The normalized spacial score (nSPS) is 12.9. The van der Waals surface area contributed by atoms with Gasteiger partial charge in [0, 0.05) is 6.04 Å². The molecular weight excluding hydrogens is 235 g/mol.